The number of carbonyl (C=O) groups is 3. The fourth-order valence-corrected chi connectivity index (χ4v) is 1.54. The molecule has 0 saturated carbocycles. The van der Waals surface area contributed by atoms with Gasteiger partial charge in [-0.2, -0.15) is 0 Å². The van der Waals surface area contributed by atoms with Crippen molar-refractivity contribution in [3.05, 3.63) is 23.8 Å². The molecule has 1 aromatic rings. The fraction of sp³-hybridized carbons (Fsp3) is 0.267. The van der Waals surface area contributed by atoms with E-state index in [0.29, 0.717) is 5.56 Å². The Labute approximate surface area is 136 Å². The molecule has 0 aliphatic rings. The van der Waals surface area contributed by atoms with Crippen LogP contribution in [0.25, 0.3) is 6.08 Å². The molecular formula is C15H16O9. The van der Waals surface area contributed by atoms with Gasteiger partial charge in [-0.1, -0.05) is 0 Å². The topological polar surface area (TPSA) is 129 Å². The molecule has 0 bridgehead atoms. The van der Waals surface area contributed by atoms with E-state index in [9.17, 15) is 19.5 Å². The average Bonchev–Trinajstić information content (AvgIpc) is 2.56. The number of hydrogen-bond acceptors (Lipinski definition) is 8. The van der Waals surface area contributed by atoms with Crippen molar-refractivity contribution < 1.29 is 43.8 Å². The Hall–Kier alpha value is -3.23. The SMILES string of the molecule is COc1cc(C=CC(=O)OOC(=O)CCC(=O)O)cc(OC)c1O. The average molecular weight is 340 g/mol. The second-order valence-corrected chi connectivity index (χ2v) is 4.36. The normalized spacial score (nSPS) is 10.2. The van der Waals surface area contributed by atoms with Gasteiger partial charge in [0, 0.05) is 6.08 Å². The summed E-state index contributed by atoms with van der Waals surface area (Å²) in [5, 5.41) is 18.2. The van der Waals surface area contributed by atoms with Crippen molar-refractivity contribution in [3.63, 3.8) is 0 Å². The highest BCUT2D eigenvalue weighted by molar-refractivity contribution is 5.87. The van der Waals surface area contributed by atoms with Crippen LogP contribution in [0, 0.1) is 0 Å². The predicted octanol–water partition coefficient (Wildman–Crippen LogP) is 1.29. The smallest absolute Gasteiger partial charge is 0.379 e. The van der Waals surface area contributed by atoms with Crippen molar-refractivity contribution in [2.24, 2.45) is 0 Å². The Morgan fingerprint density at radius 2 is 1.62 bits per heavy atom. The van der Waals surface area contributed by atoms with Crippen molar-refractivity contribution in [2.75, 3.05) is 14.2 Å². The highest BCUT2D eigenvalue weighted by Gasteiger charge is 2.12. The summed E-state index contributed by atoms with van der Waals surface area (Å²) >= 11 is 0. The molecule has 0 aliphatic carbocycles. The number of carbonyl (C=O) groups excluding carboxylic acids is 2. The summed E-state index contributed by atoms with van der Waals surface area (Å²) in [5.74, 6) is -3.04. The van der Waals surface area contributed by atoms with Crippen molar-refractivity contribution in [1.29, 1.82) is 0 Å². The third kappa shape index (κ3) is 5.87. The lowest BCUT2D eigenvalue weighted by molar-refractivity contribution is -0.254. The number of ether oxygens (including phenoxy) is 2. The Balaban J connectivity index is 2.64. The van der Waals surface area contributed by atoms with Gasteiger partial charge in [-0.05, 0) is 23.8 Å². The summed E-state index contributed by atoms with van der Waals surface area (Å²) in [6.45, 7) is 0. The van der Waals surface area contributed by atoms with Crippen LogP contribution in [-0.4, -0.2) is 42.3 Å². The lowest BCUT2D eigenvalue weighted by Gasteiger charge is -2.09. The van der Waals surface area contributed by atoms with Gasteiger partial charge in [0.2, 0.25) is 5.75 Å². The van der Waals surface area contributed by atoms with Crippen LogP contribution in [0.15, 0.2) is 18.2 Å². The van der Waals surface area contributed by atoms with E-state index in [2.05, 4.69) is 9.78 Å². The van der Waals surface area contributed by atoms with Crippen molar-refractivity contribution in [1.82, 2.24) is 0 Å². The molecule has 1 rings (SSSR count). The van der Waals surface area contributed by atoms with Crippen molar-refractivity contribution in [2.45, 2.75) is 12.8 Å². The Bertz CT molecular complexity index is 623. The molecule has 0 spiro atoms. The summed E-state index contributed by atoms with van der Waals surface area (Å²) < 4.78 is 9.93. The minimum atomic E-state index is -1.17. The number of phenolic OH excluding ortho intramolecular Hbond substituents is 1. The van der Waals surface area contributed by atoms with Crippen LogP contribution in [0.1, 0.15) is 18.4 Å². The maximum atomic E-state index is 11.4. The molecule has 1 aromatic carbocycles. The Morgan fingerprint density at radius 1 is 1.04 bits per heavy atom. The van der Waals surface area contributed by atoms with Gasteiger partial charge in [0.1, 0.15) is 0 Å². The lowest BCUT2D eigenvalue weighted by atomic mass is 10.1. The second kappa shape index (κ2) is 9.03. The van der Waals surface area contributed by atoms with Gasteiger partial charge in [-0.25, -0.2) is 19.4 Å². The third-order valence-corrected chi connectivity index (χ3v) is 2.67. The van der Waals surface area contributed by atoms with Crippen LogP contribution in [0.4, 0.5) is 0 Å². The van der Waals surface area contributed by atoms with Crippen LogP contribution in [0.2, 0.25) is 0 Å². The zero-order valence-corrected chi connectivity index (χ0v) is 13.0. The van der Waals surface area contributed by atoms with Crippen LogP contribution >= 0.6 is 0 Å². The highest BCUT2D eigenvalue weighted by Crippen LogP contribution is 2.37. The maximum absolute atomic E-state index is 11.4. The van der Waals surface area contributed by atoms with Gasteiger partial charge in [-0.3, -0.25) is 4.79 Å². The standard InChI is InChI=1S/C15H16O9/c1-21-10-7-9(8-11(22-2)15(10)20)3-5-13(18)23-24-14(19)6-4-12(16)17/h3,5,7-8,20H,4,6H2,1-2H3,(H,16,17). The molecular weight excluding hydrogens is 324 g/mol. The number of methoxy groups -OCH3 is 2. The van der Waals surface area contributed by atoms with Gasteiger partial charge in [0.05, 0.1) is 27.1 Å². The largest absolute Gasteiger partial charge is 0.502 e. The molecule has 0 fully saturated rings. The van der Waals surface area contributed by atoms with E-state index in [0.717, 1.165) is 6.08 Å². The Kier molecular flexibility index (Phi) is 7.08. The lowest BCUT2D eigenvalue weighted by Crippen LogP contribution is -2.10. The molecule has 0 saturated heterocycles. The van der Waals surface area contributed by atoms with Crippen LogP contribution < -0.4 is 9.47 Å². The molecule has 0 amide bonds. The molecule has 0 heterocycles. The number of carboxylic acids is 1. The number of benzene rings is 1. The molecule has 0 aliphatic heterocycles. The van der Waals surface area contributed by atoms with Gasteiger partial charge >= 0.3 is 17.9 Å². The summed E-state index contributed by atoms with van der Waals surface area (Å²) in [4.78, 5) is 41.1. The minimum absolute atomic E-state index is 0.141. The van der Waals surface area contributed by atoms with Gasteiger partial charge in [-0.15, -0.1) is 0 Å². The van der Waals surface area contributed by atoms with Crippen LogP contribution in [-0.2, 0) is 24.2 Å². The minimum Gasteiger partial charge on any atom is -0.502 e. The Morgan fingerprint density at radius 3 is 2.12 bits per heavy atom. The first-order valence-electron chi connectivity index (χ1n) is 6.63. The molecule has 130 valence electrons. The summed E-state index contributed by atoms with van der Waals surface area (Å²) in [5.41, 5.74) is 0.454. The van der Waals surface area contributed by atoms with Crippen LogP contribution in [0.3, 0.4) is 0 Å². The molecule has 0 atom stereocenters. The van der Waals surface area contributed by atoms with E-state index in [1.165, 1.54) is 32.4 Å². The van der Waals surface area contributed by atoms with Crippen LogP contribution in [0.5, 0.6) is 17.2 Å². The quantitative estimate of drug-likeness (QED) is 0.428. The second-order valence-electron chi connectivity index (χ2n) is 4.36. The van der Waals surface area contributed by atoms with Gasteiger partial charge < -0.3 is 19.7 Å². The van der Waals surface area contributed by atoms with E-state index >= 15 is 0 Å². The zero-order valence-electron chi connectivity index (χ0n) is 13.0. The number of aliphatic carboxylic acids is 1. The fourth-order valence-electron chi connectivity index (χ4n) is 1.54. The van der Waals surface area contributed by atoms with Gasteiger partial charge in [0.25, 0.3) is 0 Å². The van der Waals surface area contributed by atoms with Crippen molar-refractivity contribution in [3.8, 4) is 17.2 Å². The monoisotopic (exact) mass is 340 g/mol. The third-order valence-electron chi connectivity index (χ3n) is 2.67. The maximum Gasteiger partial charge on any atom is 0.379 e. The number of phenols is 1. The molecule has 0 aromatic heterocycles. The van der Waals surface area contributed by atoms with E-state index < -0.39 is 30.7 Å². The first-order valence-corrected chi connectivity index (χ1v) is 6.63. The van der Waals surface area contributed by atoms with Crippen molar-refractivity contribution >= 4 is 24.0 Å². The molecule has 9 heteroatoms. The summed E-state index contributed by atoms with van der Waals surface area (Å²) in [6, 6.07) is 2.89. The van der Waals surface area contributed by atoms with E-state index in [1.807, 2.05) is 0 Å². The molecule has 0 radical (unpaired) electrons. The molecule has 24 heavy (non-hydrogen) atoms. The first-order chi connectivity index (χ1) is 11.4. The molecule has 2 N–H and O–H groups in total. The van der Waals surface area contributed by atoms with E-state index in [1.54, 1.807) is 0 Å². The first kappa shape index (κ1) is 18.8. The van der Waals surface area contributed by atoms with E-state index in [4.69, 9.17) is 14.6 Å². The predicted molar refractivity (Wildman–Crippen MR) is 79.3 cm³/mol. The molecule has 9 nitrogen and oxygen atoms in total. The van der Waals surface area contributed by atoms with E-state index in [-0.39, 0.29) is 17.2 Å². The number of carboxylic acid groups (broad SMARTS) is 1. The highest BCUT2D eigenvalue weighted by atomic mass is 17.2. The summed E-state index contributed by atoms with van der Waals surface area (Å²) in [7, 11) is 2.71. The zero-order chi connectivity index (χ0) is 18.1. The van der Waals surface area contributed by atoms with Gasteiger partial charge in [0.15, 0.2) is 11.5 Å². The summed E-state index contributed by atoms with van der Waals surface area (Å²) in [6.07, 6.45) is 1.44. The number of rotatable bonds is 7. The molecule has 0 unspecified atom stereocenters. The number of hydrogen-bond donors (Lipinski definition) is 2. The number of aromatic hydroxyl groups is 1.